The van der Waals surface area contributed by atoms with Gasteiger partial charge in [0, 0.05) is 17.8 Å². The summed E-state index contributed by atoms with van der Waals surface area (Å²) in [5.74, 6) is -0.312. The minimum Gasteiger partial charge on any atom is -0.389 e. The summed E-state index contributed by atoms with van der Waals surface area (Å²) in [4.78, 5) is 1.91. The van der Waals surface area contributed by atoms with Gasteiger partial charge in [-0.05, 0) is 38.5 Å². The molecule has 0 aliphatic heterocycles. The predicted molar refractivity (Wildman–Crippen MR) is 80.9 cm³/mol. The van der Waals surface area contributed by atoms with Gasteiger partial charge in [-0.1, -0.05) is 30.3 Å². The zero-order valence-corrected chi connectivity index (χ0v) is 12.1. The lowest BCUT2D eigenvalue weighted by Crippen LogP contribution is -2.20. The van der Waals surface area contributed by atoms with Crippen molar-refractivity contribution in [2.45, 2.75) is 26.9 Å². The average Bonchev–Trinajstić information content (AvgIpc) is 2.43. The number of benzene rings is 2. The van der Waals surface area contributed by atoms with E-state index in [-0.39, 0.29) is 5.82 Å². The van der Waals surface area contributed by atoms with Crippen LogP contribution in [-0.4, -0.2) is 11.7 Å². The molecule has 0 aliphatic carbocycles. The molecule has 2 aromatic carbocycles. The van der Waals surface area contributed by atoms with Crippen molar-refractivity contribution >= 4 is 11.4 Å². The first kappa shape index (κ1) is 14.5. The first-order valence-electron chi connectivity index (χ1n) is 6.86. The predicted octanol–water partition coefficient (Wildman–Crippen LogP) is 4.35. The number of aryl methyl sites for hydroxylation is 1. The van der Waals surface area contributed by atoms with Crippen molar-refractivity contribution in [3.63, 3.8) is 0 Å². The number of aliphatic hydroxyl groups is 1. The number of para-hydroxylation sites is 2. The number of rotatable bonds is 4. The van der Waals surface area contributed by atoms with E-state index in [9.17, 15) is 9.50 Å². The van der Waals surface area contributed by atoms with Gasteiger partial charge in [0.05, 0.1) is 11.8 Å². The molecule has 0 saturated carbocycles. The van der Waals surface area contributed by atoms with Gasteiger partial charge >= 0.3 is 0 Å². The van der Waals surface area contributed by atoms with Crippen LogP contribution < -0.4 is 4.90 Å². The summed E-state index contributed by atoms with van der Waals surface area (Å²) >= 11 is 0. The summed E-state index contributed by atoms with van der Waals surface area (Å²) in [7, 11) is 0. The smallest absolute Gasteiger partial charge is 0.147 e. The zero-order chi connectivity index (χ0) is 14.7. The van der Waals surface area contributed by atoms with Crippen LogP contribution >= 0.6 is 0 Å². The molecule has 2 nitrogen and oxygen atoms in total. The topological polar surface area (TPSA) is 23.5 Å². The average molecular weight is 273 g/mol. The molecule has 0 heterocycles. The van der Waals surface area contributed by atoms with E-state index in [1.165, 1.54) is 6.07 Å². The summed E-state index contributed by atoms with van der Waals surface area (Å²) in [6, 6.07) is 12.7. The molecule has 0 fully saturated rings. The van der Waals surface area contributed by atoms with Crippen LogP contribution in [0.2, 0.25) is 0 Å². The van der Waals surface area contributed by atoms with Gasteiger partial charge in [0.25, 0.3) is 0 Å². The van der Waals surface area contributed by atoms with Crippen LogP contribution in [0.15, 0.2) is 42.5 Å². The fourth-order valence-electron chi connectivity index (χ4n) is 2.47. The Hall–Kier alpha value is -1.87. The highest BCUT2D eigenvalue weighted by Crippen LogP contribution is 2.35. The van der Waals surface area contributed by atoms with Crippen molar-refractivity contribution in [3.05, 3.63) is 59.4 Å². The summed E-state index contributed by atoms with van der Waals surface area (Å²) in [5.41, 5.74) is 3.10. The maximum Gasteiger partial charge on any atom is 0.147 e. The van der Waals surface area contributed by atoms with Crippen molar-refractivity contribution in [2.24, 2.45) is 0 Å². The third kappa shape index (κ3) is 2.68. The van der Waals surface area contributed by atoms with E-state index in [0.717, 1.165) is 11.3 Å². The van der Waals surface area contributed by atoms with Crippen molar-refractivity contribution in [1.82, 2.24) is 0 Å². The minimum absolute atomic E-state index is 0.312. The van der Waals surface area contributed by atoms with Gasteiger partial charge in [0.1, 0.15) is 5.82 Å². The monoisotopic (exact) mass is 273 g/mol. The highest BCUT2D eigenvalue weighted by atomic mass is 19.1. The van der Waals surface area contributed by atoms with E-state index >= 15 is 0 Å². The lowest BCUT2D eigenvalue weighted by molar-refractivity contribution is 0.199. The molecule has 1 N–H and O–H groups in total. The highest BCUT2D eigenvalue weighted by Gasteiger charge is 2.19. The molecule has 1 atom stereocenters. The molecule has 20 heavy (non-hydrogen) atoms. The first-order chi connectivity index (χ1) is 9.56. The number of halogens is 1. The van der Waals surface area contributed by atoms with Crippen LogP contribution in [0.5, 0.6) is 0 Å². The molecule has 3 heteroatoms. The molecule has 2 aromatic rings. The van der Waals surface area contributed by atoms with Gasteiger partial charge in [0.2, 0.25) is 0 Å². The maximum atomic E-state index is 14.3. The van der Waals surface area contributed by atoms with E-state index < -0.39 is 6.10 Å². The van der Waals surface area contributed by atoms with Crippen LogP contribution in [0.25, 0.3) is 0 Å². The summed E-state index contributed by atoms with van der Waals surface area (Å²) < 4.78 is 14.3. The Kier molecular flexibility index (Phi) is 4.40. The number of hydrogen-bond acceptors (Lipinski definition) is 2. The van der Waals surface area contributed by atoms with E-state index in [1.54, 1.807) is 19.1 Å². The molecule has 0 aliphatic rings. The van der Waals surface area contributed by atoms with Crippen LogP contribution in [0.3, 0.4) is 0 Å². The molecule has 0 radical (unpaired) electrons. The lowest BCUT2D eigenvalue weighted by Gasteiger charge is -2.28. The number of nitrogens with zero attached hydrogens (tertiary/aromatic N) is 1. The Balaban J connectivity index is 2.61. The maximum absolute atomic E-state index is 14.3. The van der Waals surface area contributed by atoms with E-state index in [4.69, 9.17) is 0 Å². The Labute approximate surface area is 119 Å². The van der Waals surface area contributed by atoms with Crippen LogP contribution in [0.1, 0.15) is 31.1 Å². The van der Waals surface area contributed by atoms with Crippen molar-refractivity contribution in [1.29, 1.82) is 0 Å². The number of anilines is 2. The van der Waals surface area contributed by atoms with Gasteiger partial charge in [0.15, 0.2) is 0 Å². The second kappa shape index (κ2) is 6.06. The molecule has 0 amide bonds. The van der Waals surface area contributed by atoms with Gasteiger partial charge in [-0.15, -0.1) is 0 Å². The fourth-order valence-corrected chi connectivity index (χ4v) is 2.47. The highest BCUT2D eigenvalue weighted by molar-refractivity contribution is 5.69. The molecule has 0 bridgehead atoms. The molecular weight excluding hydrogens is 253 g/mol. The standard InChI is InChI=1S/C17H20FNO/c1-4-19(16-11-6-5-8-12(16)2)17-14(13(3)20)9-7-10-15(17)18/h5-11,13,20H,4H2,1-3H3. The molecule has 1 unspecified atom stereocenters. The molecule has 0 spiro atoms. The second-order valence-electron chi connectivity index (χ2n) is 4.88. The summed E-state index contributed by atoms with van der Waals surface area (Å²) in [5, 5.41) is 9.90. The molecule has 0 aromatic heterocycles. The van der Waals surface area contributed by atoms with E-state index in [1.807, 2.05) is 43.0 Å². The third-order valence-electron chi connectivity index (χ3n) is 3.46. The van der Waals surface area contributed by atoms with E-state index in [0.29, 0.717) is 17.8 Å². The molecule has 106 valence electrons. The largest absolute Gasteiger partial charge is 0.389 e. The normalized spacial score (nSPS) is 12.2. The molecule has 0 saturated heterocycles. The van der Waals surface area contributed by atoms with Gasteiger partial charge < -0.3 is 10.0 Å². The van der Waals surface area contributed by atoms with Gasteiger partial charge in [-0.2, -0.15) is 0 Å². The number of hydrogen-bond donors (Lipinski definition) is 1. The third-order valence-corrected chi connectivity index (χ3v) is 3.46. The van der Waals surface area contributed by atoms with Crippen molar-refractivity contribution < 1.29 is 9.50 Å². The fraction of sp³-hybridized carbons (Fsp3) is 0.294. The Bertz CT molecular complexity index is 595. The zero-order valence-electron chi connectivity index (χ0n) is 12.1. The van der Waals surface area contributed by atoms with Gasteiger partial charge in [-0.3, -0.25) is 0 Å². The Morgan fingerprint density at radius 3 is 2.45 bits per heavy atom. The quantitative estimate of drug-likeness (QED) is 0.895. The molecular formula is C17H20FNO. The Morgan fingerprint density at radius 2 is 1.85 bits per heavy atom. The summed E-state index contributed by atoms with van der Waals surface area (Å²) in [6.07, 6.45) is -0.709. The first-order valence-corrected chi connectivity index (χ1v) is 6.86. The van der Waals surface area contributed by atoms with Crippen LogP contribution in [-0.2, 0) is 0 Å². The Morgan fingerprint density at radius 1 is 1.15 bits per heavy atom. The van der Waals surface area contributed by atoms with Gasteiger partial charge in [-0.25, -0.2) is 4.39 Å². The molecule has 2 rings (SSSR count). The lowest BCUT2D eigenvalue weighted by atomic mass is 10.0. The summed E-state index contributed by atoms with van der Waals surface area (Å²) in [6.45, 7) is 6.26. The SMILES string of the molecule is CCN(c1ccccc1C)c1c(F)cccc1C(C)O. The van der Waals surface area contributed by atoms with Crippen molar-refractivity contribution in [2.75, 3.05) is 11.4 Å². The van der Waals surface area contributed by atoms with Crippen LogP contribution in [0, 0.1) is 12.7 Å². The van der Waals surface area contributed by atoms with Crippen molar-refractivity contribution in [3.8, 4) is 0 Å². The number of aliphatic hydroxyl groups excluding tert-OH is 1. The van der Waals surface area contributed by atoms with E-state index in [2.05, 4.69) is 0 Å². The minimum atomic E-state index is -0.709. The second-order valence-corrected chi connectivity index (χ2v) is 4.88. The van der Waals surface area contributed by atoms with Crippen LogP contribution in [0.4, 0.5) is 15.8 Å².